The summed E-state index contributed by atoms with van der Waals surface area (Å²) in [5.74, 6) is 0.485. The quantitative estimate of drug-likeness (QED) is 0.573. The summed E-state index contributed by atoms with van der Waals surface area (Å²) < 4.78 is 16.9. The van der Waals surface area contributed by atoms with Gasteiger partial charge in [0.2, 0.25) is 0 Å². The van der Waals surface area contributed by atoms with Crippen molar-refractivity contribution in [3.63, 3.8) is 0 Å². The minimum Gasteiger partial charge on any atom is -0.382 e. The van der Waals surface area contributed by atoms with Crippen LogP contribution in [-0.4, -0.2) is 43.1 Å². The molecule has 0 amide bonds. The lowest BCUT2D eigenvalue weighted by Crippen LogP contribution is -2.34. The summed E-state index contributed by atoms with van der Waals surface area (Å²) in [5, 5.41) is 0. The van der Waals surface area contributed by atoms with Gasteiger partial charge in [0.15, 0.2) is 0 Å². The average molecular weight is 314 g/mol. The molecule has 1 fully saturated rings. The van der Waals surface area contributed by atoms with E-state index < -0.39 is 0 Å². The Morgan fingerprint density at radius 2 is 2.14 bits per heavy atom. The van der Waals surface area contributed by atoms with E-state index in [2.05, 4.69) is 36.4 Å². The lowest BCUT2D eigenvalue weighted by molar-refractivity contribution is -0.0677. The summed E-state index contributed by atoms with van der Waals surface area (Å²) in [7, 11) is 1.71. The predicted molar refractivity (Wildman–Crippen MR) is 64.0 cm³/mol. The molecule has 0 aliphatic carbocycles. The Balaban J connectivity index is 2.37. The second-order valence-electron chi connectivity index (χ2n) is 3.97. The molecule has 0 saturated carbocycles. The van der Waals surface area contributed by atoms with Crippen LogP contribution in [0, 0.1) is 5.92 Å². The Hall–Kier alpha value is 0.610. The number of hydrogen-bond donors (Lipinski definition) is 0. The van der Waals surface area contributed by atoms with Crippen LogP contribution in [0.25, 0.3) is 0 Å². The second kappa shape index (κ2) is 6.25. The van der Waals surface area contributed by atoms with Gasteiger partial charge >= 0.3 is 0 Å². The van der Waals surface area contributed by atoms with Gasteiger partial charge in [-0.1, -0.05) is 36.4 Å². The minimum absolute atomic E-state index is 0.184. The highest BCUT2D eigenvalue weighted by atomic mass is 127. The number of hydrogen-bond acceptors (Lipinski definition) is 3. The fourth-order valence-electron chi connectivity index (χ4n) is 1.41. The molecule has 0 aromatic carbocycles. The molecule has 0 aromatic heterocycles. The molecule has 3 unspecified atom stereocenters. The molecule has 0 spiro atoms. The zero-order valence-corrected chi connectivity index (χ0v) is 11.2. The molecule has 1 saturated heterocycles. The van der Waals surface area contributed by atoms with Crippen molar-refractivity contribution in [3.05, 3.63) is 0 Å². The van der Waals surface area contributed by atoms with Crippen molar-refractivity contribution >= 4 is 22.6 Å². The van der Waals surface area contributed by atoms with E-state index in [1.807, 2.05) is 0 Å². The van der Waals surface area contributed by atoms with Crippen LogP contribution < -0.4 is 0 Å². The lowest BCUT2D eigenvalue weighted by atomic mass is 10.1. The van der Waals surface area contributed by atoms with Crippen molar-refractivity contribution in [2.75, 3.05) is 26.9 Å². The summed E-state index contributed by atoms with van der Waals surface area (Å²) in [6, 6.07) is 0. The van der Waals surface area contributed by atoms with Crippen LogP contribution >= 0.6 is 22.6 Å². The molecule has 3 atom stereocenters. The van der Waals surface area contributed by atoms with Gasteiger partial charge < -0.3 is 14.2 Å². The number of ether oxygens (including phenoxy) is 3. The first-order valence-corrected chi connectivity index (χ1v) is 6.26. The normalized spacial score (nSPS) is 29.8. The fourth-order valence-corrected chi connectivity index (χ4v) is 2.04. The highest BCUT2D eigenvalue weighted by Crippen LogP contribution is 2.21. The van der Waals surface area contributed by atoms with E-state index in [1.165, 1.54) is 0 Å². The van der Waals surface area contributed by atoms with E-state index in [9.17, 15) is 0 Å². The zero-order valence-electron chi connectivity index (χ0n) is 9.03. The number of alkyl halides is 1. The van der Waals surface area contributed by atoms with Crippen molar-refractivity contribution in [1.29, 1.82) is 0 Å². The summed E-state index contributed by atoms with van der Waals surface area (Å²) in [6.07, 6.45) is 0.419. The van der Waals surface area contributed by atoms with Gasteiger partial charge in [-0.2, -0.15) is 0 Å². The van der Waals surface area contributed by atoms with Crippen LogP contribution in [0.1, 0.15) is 13.8 Å². The molecule has 1 aliphatic heterocycles. The van der Waals surface area contributed by atoms with Crippen LogP contribution in [-0.2, 0) is 14.2 Å². The molecule has 0 radical (unpaired) electrons. The Bertz CT molecular complexity index is 163. The molecule has 14 heavy (non-hydrogen) atoms. The van der Waals surface area contributed by atoms with Crippen LogP contribution in [0.5, 0.6) is 0 Å². The van der Waals surface area contributed by atoms with Crippen molar-refractivity contribution < 1.29 is 14.2 Å². The molecule has 4 heteroatoms. The van der Waals surface area contributed by atoms with Gasteiger partial charge in [0, 0.05) is 7.11 Å². The standard InChI is InChI=1S/C10H19IO3/c1-7(2)9(5-12-3)14-10-6-13-4-8(10)11/h7-10H,4-6H2,1-3H3. The predicted octanol–water partition coefficient (Wildman–Crippen LogP) is 1.88. The van der Waals surface area contributed by atoms with Crippen LogP contribution in [0.4, 0.5) is 0 Å². The van der Waals surface area contributed by atoms with E-state index >= 15 is 0 Å². The molecule has 0 bridgehead atoms. The van der Waals surface area contributed by atoms with Crippen LogP contribution in [0.3, 0.4) is 0 Å². The lowest BCUT2D eigenvalue weighted by Gasteiger charge is -2.25. The van der Waals surface area contributed by atoms with E-state index in [-0.39, 0.29) is 12.2 Å². The fraction of sp³-hybridized carbons (Fsp3) is 1.00. The molecule has 1 aliphatic rings. The third-order valence-corrected chi connectivity index (χ3v) is 3.55. The third kappa shape index (κ3) is 3.64. The maximum Gasteiger partial charge on any atom is 0.0953 e. The van der Waals surface area contributed by atoms with Gasteiger partial charge in [-0.15, -0.1) is 0 Å². The van der Waals surface area contributed by atoms with Crippen molar-refractivity contribution in [2.45, 2.75) is 30.0 Å². The molecule has 1 heterocycles. The SMILES string of the molecule is COCC(OC1COCC1I)C(C)C. The average Bonchev–Trinajstić information content (AvgIpc) is 2.51. The number of rotatable bonds is 5. The monoisotopic (exact) mass is 314 g/mol. The molecule has 3 nitrogen and oxygen atoms in total. The Kier molecular flexibility index (Phi) is 5.66. The first-order valence-electron chi connectivity index (χ1n) is 5.01. The highest BCUT2D eigenvalue weighted by Gasteiger charge is 2.30. The van der Waals surface area contributed by atoms with Gasteiger partial charge in [0.05, 0.1) is 36.0 Å². The highest BCUT2D eigenvalue weighted by molar-refractivity contribution is 14.1. The van der Waals surface area contributed by atoms with Crippen molar-refractivity contribution in [1.82, 2.24) is 0 Å². The molecule has 0 aromatic rings. The summed E-state index contributed by atoms with van der Waals surface area (Å²) in [6.45, 7) is 6.50. The van der Waals surface area contributed by atoms with Gasteiger partial charge in [-0.3, -0.25) is 0 Å². The Labute approximate surface area is 99.6 Å². The van der Waals surface area contributed by atoms with E-state index in [0.717, 1.165) is 13.2 Å². The summed E-state index contributed by atoms with van der Waals surface area (Å²) in [5.41, 5.74) is 0. The number of methoxy groups -OCH3 is 1. The minimum atomic E-state index is 0.184. The molecule has 0 N–H and O–H groups in total. The first kappa shape index (κ1) is 12.7. The molecule has 1 rings (SSSR count). The van der Waals surface area contributed by atoms with E-state index in [1.54, 1.807) is 7.11 Å². The zero-order chi connectivity index (χ0) is 10.6. The maximum atomic E-state index is 5.97. The van der Waals surface area contributed by atoms with Crippen LogP contribution in [0.2, 0.25) is 0 Å². The van der Waals surface area contributed by atoms with Crippen molar-refractivity contribution in [3.8, 4) is 0 Å². The van der Waals surface area contributed by atoms with Gasteiger partial charge in [-0.05, 0) is 5.92 Å². The van der Waals surface area contributed by atoms with Gasteiger partial charge in [0.1, 0.15) is 0 Å². The van der Waals surface area contributed by atoms with E-state index in [4.69, 9.17) is 14.2 Å². The number of halogens is 1. The second-order valence-corrected chi connectivity index (χ2v) is 5.57. The largest absolute Gasteiger partial charge is 0.382 e. The maximum absolute atomic E-state index is 5.97. The van der Waals surface area contributed by atoms with Gasteiger partial charge in [-0.25, -0.2) is 0 Å². The molecular weight excluding hydrogens is 295 g/mol. The summed E-state index contributed by atoms with van der Waals surface area (Å²) in [4.78, 5) is 0. The van der Waals surface area contributed by atoms with Crippen LogP contribution in [0.15, 0.2) is 0 Å². The van der Waals surface area contributed by atoms with E-state index in [0.29, 0.717) is 16.4 Å². The molecular formula is C10H19IO3. The Morgan fingerprint density at radius 1 is 1.43 bits per heavy atom. The molecule has 84 valence electrons. The van der Waals surface area contributed by atoms with Crippen molar-refractivity contribution in [2.24, 2.45) is 5.92 Å². The van der Waals surface area contributed by atoms with Gasteiger partial charge in [0.25, 0.3) is 0 Å². The topological polar surface area (TPSA) is 27.7 Å². The smallest absolute Gasteiger partial charge is 0.0953 e. The Morgan fingerprint density at radius 3 is 2.57 bits per heavy atom. The third-order valence-electron chi connectivity index (χ3n) is 2.39. The first-order chi connectivity index (χ1) is 6.65. The summed E-state index contributed by atoms with van der Waals surface area (Å²) >= 11 is 2.39.